The van der Waals surface area contributed by atoms with E-state index in [4.69, 9.17) is 5.84 Å². The maximum Gasteiger partial charge on any atom is 0.129 e. The van der Waals surface area contributed by atoms with Crippen LogP contribution in [0.4, 0.5) is 13.2 Å². The number of halogens is 3. The van der Waals surface area contributed by atoms with Gasteiger partial charge in [0.1, 0.15) is 17.5 Å². The van der Waals surface area contributed by atoms with E-state index in [0.717, 1.165) is 17.7 Å². The van der Waals surface area contributed by atoms with Gasteiger partial charge in [0.25, 0.3) is 0 Å². The third-order valence-corrected chi connectivity index (χ3v) is 3.20. The van der Waals surface area contributed by atoms with Crippen LogP contribution in [0.25, 0.3) is 0 Å². The van der Waals surface area contributed by atoms with E-state index in [1.54, 1.807) is 19.1 Å². The zero-order chi connectivity index (χ0) is 14.7. The van der Waals surface area contributed by atoms with Crippen molar-refractivity contribution in [1.82, 2.24) is 5.43 Å². The van der Waals surface area contributed by atoms with Gasteiger partial charge in [0.2, 0.25) is 0 Å². The molecule has 0 spiro atoms. The summed E-state index contributed by atoms with van der Waals surface area (Å²) in [6.45, 7) is 1.76. The Balaban J connectivity index is 2.34. The maximum atomic E-state index is 13.9. The van der Waals surface area contributed by atoms with Crippen molar-refractivity contribution in [1.29, 1.82) is 0 Å². The fraction of sp³-hybridized carbons (Fsp3) is 0.200. The SMILES string of the molecule is Cc1ccc(C(Cc2c(F)cccc2F)NN)c(F)c1. The van der Waals surface area contributed by atoms with Gasteiger partial charge < -0.3 is 0 Å². The quantitative estimate of drug-likeness (QED) is 0.667. The molecule has 0 bridgehead atoms. The highest BCUT2D eigenvalue weighted by Crippen LogP contribution is 2.24. The molecular weight excluding hydrogens is 265 g/mol. The molecule has 0 fully saturated rings. The first-order chi connectivity index (χ1) is 9.52. The molecule has 0 amide bonds. The molecule has 2 aromatic carbocycles. The number of hydrazine groups is 1. The minimum absolute atomic E-state index is 0.0744. The number of hydrogen-bond donors (Lipinski definition) is 2. The number of rotatable bonds is 4. The molecule has 0 aliphatic rings. The first-order valence-corrected chi connectivity index (χ1v) is 6.18. The Bertz CT molecular complexity index is 594. The Morgan fingerprint density at radius 3 is 2.25 bits per heavy atom. The van der Waals surface area contributed by atoms with Gasteiger partial charge in [0.05, 0.1) is 6.04 Å². The Kier molecular flexibility index (Phi) is 4.42. The summed E-state index contributed by atoms with van der Waals surface area (Å²) in [7, 11) is 0. The van der Waals surface area contributed by atoms with E-state index in [2.05, 4.69) is 5.43 Å². The second-order valence-electron chi connectivity index (χ2n) is 4.65. The van der Waals surface area contributed by atoms with Crippen molar-refractivity contribution < 1.29 is 13.2 Å². The predicted molar refractivity (Wildman–Crippen MR) is 71.3 cm³/mol. The molecule has 20 heavy (non-hydrogen) atoms. The topological polar surface area (TPSA) is 38.0 Å². The molecule has 3 N–H and O–H groups in total. The van der Waals surface area contributed by atoms with Gasteiger partial charge >= 0.3 is 0 Å². The van der Waals surface area contributed by atoms with Crippen molar-refractivity contribution in [2.24, 2.45) is 5.84 Å². The molecule has 2 nitrogen and oxygen atoms in total. The molecule has 2 rings (SSSR count). The lowest BCUT2D eigenvalue weighted by Gasteiger charge is -2.18. The van der Waals surface area contributed by atoms with Crippen molar-refractivity contribution in [3.05, 3.63) is 70.5 Å². The molecule has 106 valence electrons. The van der Waals surface area contributed by atoms with Crippen LogP contribution < -0.4 is 11.3 Å². The van der Waals surface area contributed by atoms with Gasteiger partial charge in [-0.1, -0.05) is 18.2 Å². The van der Waals surface area contributed by atoms with Gasteiger partial charge in [-0.2, -0.15) is 0 Å². The van der Waals surface area contributed by atoms with E-state index in [1.807, 2.05) is 0 Å². The van der Waals surface area contributed by atoms with Crippen molar-refractivity contribution in [3.8, 4) is 0 Å². The molecule has 0 heterocycles. The van der Waals surface area contributed by atoms with E-state index < -0.39 is 23.5 Å². The molecule has 0 saturated heterocycles. The Morgan fingerprint density at radius 1 is 1.05 bits per heavy atom. The van der Waals surface area contributed by atoms with E-state index in [9.17, 15) is 13.2 Å². The number of nitrogens with one attached hydrogen (secondary N) is 1. The van der Waals surface area contributed by atoms with Gasteiger partial charge in [-0.15, -0.1) is 0 Å². The second-order valence-corrected chi connectivity index (χ2v) is 4.65. The summed E-state index contributed by atoms with van der Waals surface area (Å²) < 4.78 is 41.2. The molecular formula is C15H15F3N2. The number of nitrogens with two attached hydrogens (primary N) is 1. The average Bonchev–Trinajstić information content (AvgIpc) is 2.40. The largest absolute Gasteiger partial charge is 0.271 e. The molecule has 2 aromatic rings. The van der Waals surface area contributed by atoms with Crippen molar-refractivity contribution in [3.63, 3.8) is 0 Å². The van der Waals surface area contributed by atoms with Crippen LogP contribution in [0.1, 0.15) is 22.7 Å². The lowest BCUT2D eigenvalue weighted by molar-refractivity contribution is 0.480. The molecule has 0 aliphatic heterocycles. The van der Waals surface area contributed by atoms with Crippen LogP contribution in [0.5, 0.6) is 0 Å². The molecule has 0 aliphatic carbocycles. The smallest absolute Gasteiger partial charge is 0.129 e. The minimum Gasteiger partial charge on any atom is -0.271 e. The molecule has 1 unspecified atom stereocenters. The van der Waals surface area contributed by atoms with Crippen LogP contribution in [0, 0.1) is 24.4 Å². The van der Waals surface area contributed by atoms with E-state index in [1.165, 1.54) is 12.1 Å². The molecule has 5 heteroatoms. The monoisotopic (exact) mass is 280 g/mol. The summed E-state index contributed by atoms with van der Waals surface area (Å²) in [4.78, 5) is 0. The zero-order valence-corrected chi connectivity index (χ0v) is 11.0. The van der Waals surface area contributed by atoms with Gasteiger partial charge in [0.15, 0.2) is 0 Å². The summed E-state index contributed by atoms with van der Waals surface area (Å²) in [5.74, 6) is 3.61. The Labute approximate surface area is 115 Å². The number of benzene rings is 2. The van der Waals surface area contributed by atoms with Crippen LogP contribution in [0.2, 0.25) is 0 Å². The lowest BCUT2D eigenvalue weighted by atomic mass is 9.97. The van der Waals surface area contributed by atoms with Crippen LogP contribution in [0.3, 0.4) is 0 Å². The summed E-state index contributed by atoms with van der Waals surface area (Å²) >= 11 is 0. The third kappa shape index (κ3) is 3.00. The summed E-state index contributed by atoms with van der Waals surface area (Å²) in [5.41, 5.74) is 3.33. The van der Waals surface area contributed by atoms with Crippen molar-refractivity contribution in [2.75, 3.05) is 0 Å². The van der Waals surface area contributed by atoms with Crippen LogP contribution in [-0.4, -0.2) is 0 Å². The van der Waals surface area contributed by atoms with E-state index >= 15 is 0 Å². The van der Waals surface area contributed by atoms with Crippen molar-refractivity contribution in [2.45, 2.75) is 19.4 Å². The Hall–Kier alpha value is -1.85. The highest BCUT2D eigenvalue weighted by Gasteiger charge is 2.19. The molecule has 0 radical (unpaired) electrons. The van der Waals surface area contributed by atoms with Gasteiger partial charge in [-0.25, -0.2) is 13.2 Å². The zero-order valence-electron chi connectivity index (χ0n) is 11.0. The summed E-state index contributed by atoms with van der Waals surface area (Å²) in [5, 5.41) is 0. The second kappa shape index (κ2) is 6.07. The molecule has 0 aromatic heterocycles. The number of hydrogen-bond acceptors (Lipinski definition) is 2. The van der Waals surface area contributed by atoms with E-state index in [0.29, 0.717) is 0 Å². The molecule has 1 atom stereocenters. The minimum atomic E-state index is -0.706. The third-order valence-electron chi connectivity index (χ3n) is 3.20. The van der Waals surface area contributed by atoms with Crippen molar-refractivity contribution >= 4 is 0 Å². The van der Waals surface area contributed by atoms with Crippen LogP contribution in [0.15, 0.2) is 36.4 Å². The number of aryl methyl sites for hydroxylation is 1. The maximum absolute atomic E-state index is 13.9. The first-order valence-electron chi connectivity index (χ1n) is 6.18. The van der Waals surface area contributed by atoms with Gasteiger partial charge in [0, 0.05) is 11.1 Å². The first kappa shape index (κ1) is 14.6. The van der Waals surface area contributed by atoms with Crippen LogP contribution in [-0.2, 0) is 6.42 Å². The lowest BCUT2D eigenvalue weighted by Crippen LogP contribution is -2.30. The van der Waals surface area contributed by atoms with Gasteiger partial charge in [-0.3, -0.25) is 11.3 Å². The summed E-state index contributed by atoms with van der Waals surface area (Å²) in [6.07, 6.45) is -0.0744. The predicted octanol–water partition coefficient (Wildman–Crippen LogP) is 3.16. The van der Waals surface area contributed by atoms with Gasteiger partial charge in [-0.05, 0) is 37.1 Å². The fourth-order valence-corrected chi connectivity index (χ4v) is 2.10. The average molecular weight is 280 g/mol. The normalized spacial score (nSPS) is 12.4. The highest BCUT2D eigenvalue weighted by molar-refractivity contribution is 5.29. The molecule has 0 saturated carbocycles. The highest BCUT2D eigenvalue weighted by atomic mass is 19.1. The van der Waals surface area contributed by atoms with E-state index in [-0.39, 0.29) is 17.5 Å². The summed E-state index contributed by atoms with van der Waals surface area (Å²) in [6, 6.07) is 7.55. The Morgan fingerprint density at radius 2 is 1.70 bits per heavy atom. The fourth-order valence-electron chi connectivity index (χ4n) is 2.10. The van der Waals surface area contributed by atoms with Crippen LogP contribution >= 0.6 is 0 Å². The standard InChI is InChI=1S/C15H15F3N2/c1-9-5-6-10(14(18)7-9)15(20-19)8-11-12(16)3-2-4-13(11)17/h2-7,15,20H,8,19H2,1H3.